The van der Waals surface area contributed by atoms with Crippen LogP contribution < -0.4 is 0 Å². The lowest BCUT2D eigenvalue weighted by Crippen LogP contribution is -2.25. The van der Waals surface area contributed by atoms with E-state index in [-0.39, 0.29) is 5.92 Å². The second kappa shape index (κ2) is 8.90. The lowest BCUT2D eigenvalue weighted by atomic mass is 9.75. The Bertz CT molecular complexity index is 355. The summed E-state index contributed by atoms with van der Waals surface area (Å²) in [6.45, 7) is 14.4. The van der Waals surface area contributed by atoms with Gasteiger partial charge in [-0.3, -0.25) is 4.79 Å². The topological polar surface area (TPSA) is 17.1 Å². The maximum atomic E-state index is 11.4. The van der Waals surface area contributed by atoms with Gasteiger partial charge in [0.1, 0.15) is 5.78 Å². The van der Waals surface area contributed by atoms with Crippen molar-refractivity contribution in [3.63, 3.8) is 0 Å². The second-order valence-electron chi connectivity index (χ2n) is 5.32. The summed E-state index contributed by atoms with van der Waals surface area (Å²) in [5.74, 6) is 1.87. The molecule has 0 amide bonds. The van der Waals surface area contributed by atoms with Crippen molar-refractivity contribution in [1.82, 2.24) is 0 Å². The Labute approximate surface area is 119 Å². The third kappa shape index (κ3) is 5.18. The van der Waals surface area contributed by atoms with Crippen LogP contribution in [0.3, 0.4) is 0 Å². The van der Waals surface area contributed by atoms with Gasteiger partial charge in [0.15, 0.2) is 0 Å². The van der Waals surface area contributed by atoms with E-state index in [2.05, 4.69) is 45.0 Å². The zero-order valence-electron chi connectivity index (χ0n) is 13.6. The average molecular weight is 262 g/mol. The number of Topliss-reactive ketones (excluding diaryl/α,β-unsaturated/α-hetero) is 1. The molecule has 4 atom stereocenters. The van der Waals surface area contributed by atoms with Gasteiger partial charge in [0.05, 0.1) is 0 Å². The minimum absolute atomic E-state index is 0.149. The Hall–Kier alpha value is -1.11. The normalized spacial score (nSPS) is 16.6. The van der Waals surface area contributed by atoms with Crippen LogP contribution in [-0.2, 0) is 4.79 Å². The SMILES string of the molecule is CC.CC(=O)C(C)C(C)C(C)C(C)c1ccccc1. The van der Waals surface area contributed by atoms with Crippen LogP contribution in [0.4, 0.5) is 0 Å². The molecule has 1 heteroatoms. The highest BCUT2D eigenvalue weighted by Gasteiger charge is 2.26. The number of carbonyl (C=O) groups excluding carboxylic acids is 1. The summed E-state index contributed by atoms with van der Waals surface area (Å²) in [5, 5.41) is 0. The zero-order valence-corrected chi connectivity index (χ0v) is 13.6. The highest BCUT2D eigenvalue weighted by molar-refractivity contribution is 5.78. The molecule has 0 radical (unpaired) electrons. The molecular formula is C18H30O. The Morgan fingerprint density at radius 2 is 1.37 bits per heavy atom. The van der Waals surface area contributed by atoms with Gasteiger partial charge in [0.25, 0.3) is 0 Å². The third-order valence-electron chi connectivity index (χ3n) is 4.37. The van der Waals surface area contributed by atoms with Gasteiger partial charge < -0.3 is 0 Å². The van der Waals surface area contributed by atoms with Crippen molar-refractivity contribution in [3.05, 3.63) is 35.9 Å². The van der Waals surface area contributed by atoms with Crippen LogP contribution in [0.2, 0.25) is 0 Å². The summed E-state index contributed by atoms with van der Waals surface area (Å²) in [7, 11) is 0. The summed E-state index contributed by atoms with van der Waals surface area (Å²) in [6, 6.07) is 10.6. The number of rotatable bonds is 5. The van der Waals surface area contributed by atoms with Crippen LogP contribution in [0.25, 0.3) is 0 Å². The van der Waals surface area contributed by atoms with Crippen LogP contribution in [-0.4, -0.2) is 5.78 Å². The highest BCUT2D eigenvalue weighted by atomic mass is 16.1. The molecule has 4 unspecified atom stereocenters. The predicted molar refractivity (Wildman–Crippen MR) is 84.4 cm³/mol. The van der Waals surface area contributed by atoms with Crippen molar-refractivity contribution in [1.29, 1.82) is 0 Å². The summed E-state index contributed by atoms with van der Waals surface area (Å²) in [6.07, 6.45) is 0. The molecule has 0 bridgehead atoms. The maximum absolute atomic E-state index is 11.4. The van der Waals surface area contributed by atoms with Gasteiger partial charge in [-0.1, -0.05) is 71.9 Å². The largest absolute Gasteiger partial charge is 0.300 e. The molecule has 1 rings (SSSR count). The summed E-state index contributed by atoms with van der Waals surface area (Å²) in [4.78, 5) is 11.4. The van der Waals surface area contributed by atoms with Gasteiger partial charge >= 0.3 is 0 Å². The van der Waals surface area contributed by atoms with Crippen molar-refractivity contribution < 1.29 is 4.79 Å². The van der Waals surface area contributed by atoms with E-state index in [1.54, 1.807) is 6.92 Å². The van der Waals surface area contributed by atoms with Gasteiger partial charge in [-0.15, -0.1) is 0 Å². The first kappa shape index (κ1) is 17.9. The van der Waals surface area contributed by atoms with E-state index in [1.165, 1.54) is 5.56 Å². The van der Waals surface area contributed by atoms with Crippen molar-refractivity contribution in [2.75, 3.05) is 0 Å². The maximum Gasteiger partial charge on any atom is 0.132 e. The van der Waals surface area contributed by atoms with Gasteiger partial charge in [-0.2, -0.15) is 0 Å². The fourth-order valence-corrected chi connectivity index (χ4v) is 2.34. The molecule has 0 aliphatic carbocycles. The van der Waals surface area contributed by atoms with E-state index in [9.17, 15) is 4.79 Å². The molecule has 1 aromatic rings. The number of hydrogen-bond acceptors (Lipinski definition) is 1. The molecule has 1 aromatic carbocycles. The van der Waals surface area contributed by atoms with Crippen LogP contribution in [0.1, 0.15) is 59.9 Å². The van der Waals surface area contributed by atoms with E-state index in [4.69, 9.17) is 0 Å². The molecule has 0 aliphatic heterocycles. The van der Waals surface area contributed by atoms with Gasteiger partial charge in [0, 0.05) is 5.92 Å². The molecule has 0 aliphatic rings. The van der Waals surface area contributed by atoms with Crippen molar-refractivity contribution in [2.24, 2.45) is 17.8 Å². The Balaban J connectivity index is 0.00000154. The van der Waals surface area contributed by atoms with Gasteiger partial charge in [0.2, 0.25) is 0 Å². The fraction of sp³-hybridized carbons (Fsp3) is 0.611. The van der Waals surface area contributed by atoms with Crippen LogP contribution in [0, 0.1) is 17.8 Å². The molecule has 0 saturated heterocycles. The van der Waals surface area contributed by atoms with E-state index in [0.29, 0.717) is 23.5 Å². The summed E-state index contributed by atoms with van der Waals surface area (Å²) >= 11 is 0. The molecule has 0 spiro atoms. The van der Waals surface area contributed by atoms with E-state index < -0.39 is 0 Å². The molecule has 0 N–H and O–H groups in total. The quantitative estimate of drug-likeness (QED) is 0.702. The first-order chi connectivity index (χ1) is 8.95. The minimum atomic E-state index is 0.149. The number of carbonyl (C=O) groups is 1. The summed E-state index contributed by atoms with van der Waals surface area (Å²) < 4.78 is 0. The third-order valence-corrected chi connectivity index (χ3v) is 4.37. The first-order valence-corrected chi connectivity index (χ1v) is 7.50. The van der Waals surface area contributed by atoms with Crippen molar-refractivity contribution in [3.8, 4) is 0 Å². The van der Waals surface area contributed by atoms with Crippen LogP contribution >= 0.6 is 0 Å². The molecule has 0 aromatic heterocycles. The number of ketones is 1. The average Bonchev–Trinajstić information content (AvgIpc) is 2.47. The molecule has 19 heavy (non-hydrogen) atoms. The first-order valence-electron chi connectivity index (χ1n) is 7.50. The fourth-order valence-electron chi connectivity index (χ4n) is 2.34. The predicted octanol–water partition coefficient (Wildman–Crippen LogP) is 5.31. The number of hydrogen-bond donors (Lipinski definition) is 0. The van der Waals surface area contributed by atoms with Crippen molar-refractivity contribution in [2.45, 2.75) is 54.4 Å². The molecule has 0 heterocycles. The van der Waals surface area contributed by atoms with Crippen LogP contribution in [0.5, 0.6) is 0 Å². The van der Waals surface area contributed by atoms with Gasteiger partial charge in [-0.25, -0.2) is 0 Å². The Morgan fingerprint density at radius 3 is 1.79 bits per heavy atom. The summed E-state index contributed by atoms with van der Waals surface area (Å²) in [5.41, 5.74) is 1.36. The molecule has 0 saturated carbocycles. The molecular weight excluding hydrogens is 232 g/mol. The smallest absolute Gasteiger partial charge is 0.132 e. The van der Waals surface area contributed by atoms with Gasteiger partial charge in [-0.05, 0) is 30.2 Å². The lowest BCUT2D eigenvalue weighted by Gasteiger charge is -2.29. The Kier molecular flexibility index (Phi) is 8.38. The highest BCUT2D eigenvalue weighted by Crippen LogP contribution is 2.33. The zero-order chi connectivity index (χ0) is 15.0. The molecule has 108 valence electrons. The second-order valence-corrected chi connectivity index (χ2v) is 5.32. The molecule has 1 nitrogen and oxygen atoms in total. The lowest BCUT2D eigenvalue weighted by molar-refractivity contribution is -0.122. The number of benzene rings is 1. The van der Waals surface area contributed by atoms with E-state index >= 15 is 0 Å². The van der Waals surface area contributed by atoms with Crippen LogP contribution in [0.15, 0.2) is 30.3 Å². The Morgan fingerprint density at radius 1 is 0.895 bits per heavy atom. The van der Waals surface area contributed by atoms with E-state index in [0.717, 1.165) is 0 Å². The monoisotopic (exact) mass is 262 g/mol. The molecule has 0 fully saturated rings. The van der Waals surface area contributed by atoms with Crippen molar-refractivity contribution >= 4 is 5.78 Å². The van der Waals surface area contributed by atoms with E-state index in [1.807, 2.05) is 26.8 Å². The minimum Gasteiger partial charge on any atom is -0.300 e. The standard InChI is InChI=1S/C16H24O.C2H6/c1-11(13(3)15(5)17)12(2)14(4)16-9-7-6-8-10-16;1-2/h6-14H,1-5H3;1-2H3.